The monoisotopic (exact) mass is 241 g/mol. The number of carbonyl (C=O) groups is 1. The second-order valence-electron chi connectivity index (χ2n) is 3.97. The molecule has 0 aliphatic rings. The standard InChI is InChI=1S/C12H19NO2S/c1-3-10(9-12(14)15)13(2)7-6-11-5-4-8-16-11/h4-5,8,10H,3,6-7,9H2,1-2H3,(H,14,15). The van der Waals surface area contributed by atoms with Gasteiger partial charge in [0.2, 0.25) is 0 Å². The number of aliphatic carboxylic acids is 1. The first-order valence-electron chi connectivity index (χ1n) is 5.58. The lowest BCUT2D eigenvalue weighted by atomic mass is 10.1. The molecule has 0 spiro atoms. The van der Waals surface area contributed by atoms with Gasteiger partial charge in [-0.1, -0.05) is 13.0 Å². The third-order valence-electron chi connectivity index (χ3n) is 2.80. The third kappa shape index (κ3) is 4.33. The van der Waals surface area contributed by atoms with E-state index in [2.05, 4.69) is 22.4 Å². The van der Waals surface area contributed by atoms with Gasteiger partial charge in [0.1, 0.15) is 0 Å². The topological polar surface area (TPSA) is 40.5 Å². The van der Waals surface area contributed by atoms with Crippen LogP contribution >= 0.6 is 11.3 Å². The van der Waals surface area contributed by atoms with Crippen LogP contribution in [0.3, 0.4) is 0 Å². The molecule has 90 valence electrons. The minimum Gasteiger partial charge on any atom is -0.481 e. The smallest absolute Gasteiger partial charge is 0.304 e. The summed E-state index contributed by atoms with van der Waals surface area (Å²) in [4.78, 5) is 14.2. The van der Waals surface area contributed by atoms with Crippen LogP contribution in [0.5, 0.6) is 0 Å². The Balaban J connectivity index is 2.37. The quantitative estimate of drug-likeness (QED) is 0.797. The number of carboxylic acid groups (broad SMARTS) is 1. The van der Waals surface area contributed by atoms with Crippen molar-refractivity contribution in [2.24, 2.45) is 0 Å². The van der Waals surface area contributed by atoms with E-state index in [1.54, 1.807) is 11.3 Å². The Morgan fingerprint density at radius 3 is 2.88 bits per heavy atom. The Morgan fingerprint density at radius 1 is 1.62 bits per heavy atom. The molecule has 0 fully saturated rings. The van der Waals surface area contributed by atoms with Gasteiger partial charge in [-0.3, -0.25) is 4.79 Å². The molecule has 1 aromatic heterocycles. The van der Waals surface area contributed by atoms with Gasteiger partial charge in [-0.15, -0.1) is 11.3 Å². The van der Waals surface area contributed by atoms with Crippen LogP contribution in [0.15, 0.2) is 17.5 Å². The Morgan fingerprint density at radius 2 is 2.38 bits per heavy atom. The van der Waals surface area contributed by atoms with Crippen molar-refractivity contribution in [2.75, 3.05) is 13.6 Å². The van der Waals surface area contributed by atoms with Crippen molar-refractivity contribution >= 4 is 17.3 Å². The van der Waals surface area contributed by atoms with Crippen molar-refractivity contribution in [2.45, 2.75) is 32.2 Å². The predicted octanol–water partition coefficient (Wildman–Crippen LogP) is 2.48. The summed E-state index contributed by atoms with van der Waals surface area (Å²) in [6, 6.07) is 4.32. The van der Waals surface area contributed by atoms with Crippen LogP contribution < -0.4 is 0 Å². The number of likely N-dealkylation sites (N-methyl/N-ethyl adjacent to an activating group) is 1. The summed E-state index contributed by atoms with van der Waals surface area (Å²) in [5, 5.41) is 10.9. The molecule has 0 saturated heterocycles. The molecule has 0 saturated carbocycles. The highest BCUT2D eigenvalue weighted by Crippen LogP contribution is 2.12. The molecule has 1 N–H and O–H groups in total. The molecule has 0 bridgehead atoms. The fourth-order valence-electron chi connectivity index (χ4n) is 1.74. The number of thiophene rings is 1. The summed E-state index contributed by atoms with van der Waals surface area (Å²) in [7, 11) is 2.00. The molecule has 0 aliphatic heterocycles. The highest BCUT2D eigenvalue weighted by Gasteiger charge is 2.15. The first-order valence-corrected chi connectivity index (χ1v) is 6.45. The Kier molecular flexibility index (Phi) is 5.49. The van der Waals surface area contributed by atoms with Crippen LogP contribution in [0.2, 0.25) is 0 Å². The van der Waals surface area contributed by atoms with Gasteiger partial charge in [0.15, 0.2) is 0 Å². The lowest BCUT2D eigenvalue weighted by Crippen LogP contribution is -2.34. The third-order valence-corrected chi connectivity index (χ3v) is 3.73. The fraction of sp³-hybridized carbons (Fsp3) is 0.583. The van der Waals surface area contributed by atoms with Gasteiger partial charge < -0.3 is 10.0 Å². The van der Waals surface area contributed by atoms with Crippen molar-refractivity contribution in [1.29, 1.82) is 0 Å². The average molecular weight is 241 g/mol. The SMILES string of the molecule is CCC(CC(=O)O)N(C)CCc1cccs1. The van der Waals surface area contributed by atoms with E-state index >= 15 is 0 Å². The van der Waals surface area contributed by atoms with E-state index in [9.17, 15) is 4.79 Å². The van der Waals surface area contributed by atoms with Crippen LogP contribution in [-0.4, -0.2) is 35.6 Å². The molecule has 0 aliphatic carbocycles. The van der Waals surface area contributed by atoms with E-state index in [0.717, 1.165) is 19.4 Å². The lowest BCUT2D eigenvalue weighted by Gasteiger charge is -2.25. The van der Waals surface area contributed by atoms with E-state index in [4.69, 9.17) is 5.11 Å². The van der Waals surface area contributed by atoms with Crippen LogP contribution in [0.1, 0.15) is 24.6 Å². The molecule has 1 heterocycles. The van der Waals surface area contributed by atoms with Crippen molar-refractivity contribution in [1.82, 2.24) is 4.90 Å². The van der Waals surface area contributed by atoms with Gasteiger partial charge in [0, 0.05) is 17.5 Å². The van der Waals surface area contributed by atoms with Gasteiger partial charge in [-0.2, -0.15) is 0 Å². The van der Waals surface area contributed by atoms with Crippen LogP contribution in [0.4, 0.5) is 0 Å². The van der Waals surface area contributed by atoms with Crippen LogP contribution in [-0.2, 0) is 11.2 Å². The van der Waals surface area contributed by atoms with Gasteiger partial charge in [0.25, 0.3) is 0 Å². The maximum atomic E-state index is 10.7. The highest BCUT2D eigenvalue weighted by atomic mass is 32.1. The van der Waals surface area contributed by atoms with Crippen LogP contribution in [0.25, 0.3) is 0 Å². The summed E-state index contributed by atoms with van der Waals surface area (Å²) in [6.07, 6.45) is 2.12. The summed E-state index contributed by atoms with van der Waals surface area (Å²) in [6.45, 7) is 2.96. The maximum Gasteiger partial charge on any atom is 0.304 e. The highest BCUT2D eigenvalue weighted by molar-refractivity contribution is 7.09. The first kappa shape index (κ1) is 13.2. The van der Waals surface area contributed by atoms with Crippen LogP contribution in [0, 0.1) is 0 Å². The molecule has 1 unspecified atom stereocenters. The van der Waals surface area contributed by atoms with Gasteiger partial charge >= 0.3 is 5.97 Å². The Bertz CT molecular complexity index is 311. The molecule has 0 amide bonds. The Hall–Kier alpha value is -0.870. The normalized spacial score (nSPS) is 12.9. The molecule has 0 aromatic carbocycles. The van der Waals surface area contributed by atoms with Crippen molar-refractivity contribution in [3.63, 3.8) is 0 Å². The largest absolute Gasteiger partial charge is 0.481 e. The summed E-state index contributed by atoms with van der Waals surface area (Å²) in [5.41, 5.74) is 0. The first-order chi connectivity index (χ1) is 7.63. The molecule has 1 rings (SSSR count). The number of nitrogens with zero attached hydrogens (tertiary/aromatic N) is 1. The molecule has 1 aromatic rings. The van der Waals surface area contributed by atoms with Crippen molar-refractivity contribution in [3.8, 4) is 0 Å². The summed E-state index contributed by atoms with van der Waals surface area (Å²) in [5.74, 6) is -0.713. The molecule has 16 heavy (non-hydrogen) atoms. The summed E-state index contributed by atoms with van der Waals surface area (Å²) < 4.78 is 0. The maximum absolute atomic E-state index is 10.7. The zero-order valence-corrected chi connectivity index (χ0v) is 10.7. The number of carboxylic acids is 1. The number of rotatable bonds is 7. The van der Waals surface area contributed by atoms with E-state index < -0.39 is 5.97 Å². The Labute approximate surface area is 101 Å². The number of hydrogen-bond acceptors (Lipinski definition) is 3. The zero-order chi connectivity index (χ0) is 12.0. The van der Waals surface area contributed by atoms with E-state index in [-0.39, 0.29) is 12.5 Å². The van der Waals surface area contributed by atoms with E-state index in [1.165, 1.54) is 4.88 Å². The van der Waals surface area contributed by atoms with E-state index in [0.29, 0.717) is 0 Å². The molecular formula is C12H19NO2S. The molecule has 1 atom stereocenters. The second-order valence-corrected chi connectivity index (χ2v) is 5.00. The minimum absolute atomic E-state index is 0.150. The molecule has 3 nitrogen and oxygen atoms in total. The molecular weight excluding hydrogens is 222 g/mol. The van der Waals surface area contributed by atoms with Gasteiger partial charge in [0.05, 0.1) is 6.42 Å². The predicted molar refractivity (Wildman–Crippen MR) is 67.0 cm³/mol. The van der Waals surface area contributed by atoms with Gasteiger partial charge in [-0.25, -0.2) is 0 Å². The van der Waals surface area contributed by atoms with Gasteiger partial charge in [-0.05, 0) is 31.3 Å². The number of hydrogen-bond donors (Lipinski definition) is 1. The summed E-state index contributed by atoms with van der Waals surface area (Å²) >= 11 is 1.76. The molecule has 4 heteroatoms. The average Bonchev–Trinajstić information content (AvgIpc) is 2.75. The fourth-order valence-corrected chi connectivity index (χ4v) is 2.44. The lowest BCUT2D eigenvalue weighted by molar-refractivity contribution is -0.138. The minimum atomic E-state index is -0.713. The second kappa shape index (κ2) is 6.66. The van der Waals surface area contributed by atoms with Crippen molar-refractivity contribution < 1.29 is 9.90 Å². The molecule has 0 radical (unpaired) electrons. The van der Waals surface area contributed by atoms with E-state index in [1.807, 2.05) is 14.0 Å². The zero-order valence-electron chi connectivity index (χ0n) is 9.85. The van der Waals surface area contributed by atoms with Crippen molar-refractivity contribution in [3.05, 3.63) is 22.4 Å².